The zero-order chi connectivity index (χ0) is 21.7. The van der Waals surface area contributed by atoms with Crippen LogP contribution in [0.3, 0.4) is 0 Å². The van der Waals surface area contributed by atoms with Gasteiger partial charge in [-0.3, -0.25) is 4.79 Å². The van der Waals surface area contributed by atoms with Gasteiger partial charge in [-0.2, -0.15) is 4.31 Å². The fourth-order valence-electron chi connectivity index (χ4n) is 3.86. The Morgan fingerprint density at radius 2 is 1.84 bits per heavy atom. The zero-order valence-electron chi connectivity index (χ0n) is 17.3. The van der Waals surface area contributed by atoms with Crippen molar-refractivity contribution in [2.45, 2.75) is 12.8 Å². The number of sulfonamides is 1. The van der Waals surface area contributed by atoms with Gasteiger partial charge in [0.1, 0.15) is 5.82 Å². The number of carbonyl (C=O) groups is 1. The van der Waals surface area contributed by atoms with Gasteiger partial charge in [-0.15, -0.1) is 0 Å². The lowest BCUT2D eigenvalue weighted by molar-refractivity contribution is -0.120. The Morgan fingerprint density at radius 1 is 1.06 bits per heavy atom. The smallest absolute Gasteiger partial charge is 0.224 e. The summed E-state index contributed by atoms with van der Waals surface area (Å²) in [6.45, 7) is 2.49. The largest absolute Gasteiger partial charge is 0.361 e. The third kappa shape index (κ3) is 5.23. The van der Waals surface area contributed by atoms with Crippen molar-refractivity contribution < 1.29 is 13.2 Å². The summed E-state index contributed by atoms with van der Waals surface area (Å²) < 4.78 is 26.8. The van der Waals surface area contributed by atoms with E-state index in [1.54, 1.807) is 10.5 Å². The number of aromatic nitrogens is 2. The second-order valence-electron chi connectivity index (χ2n) is 7.63. The first kappa shape index (κ1) is 21.3. The predicted octanol–water partition coefficient (Wildman–Crippen LogP) is 1.76. The average Bonchev–Trinajstić information content (AvgIpc) is 3.20. The first-order valence-corrected chi connectivity index (χ1v) is 12.1. The third-order valence-corrected chi connectivity index (χ3v) is 7.49. The highest BCUT2D eigenvalue weighted by Gasteiger charge is 2.27. The first-order valence-electron chi connectivity index (χ1n) is 10.5. The molecule has 1 aliphatic heterocycles. The molecule has 3 aromatic rings. The van der Waals surface area contributed by atoms with Crippen molar-refractivity contribution in [2.75, 3.05) is 43.4 Å². The van der Waals surface area contributed by atoms with Gasteiger partial charge in [0.2, 0.25) is 15.9 Å². The van der Waals surface area contributed by atoms with Crippen LogP contribution in [0.15, 0.2) is 54.9 Å². The molecule has 31 heavy (non-hydrogen) atoms. The van der Waals surface area contributed by atoms with Crippen LogP contribution in [0.5, 0.6) is 0 Å². The highest BCUT2D eigenvalue weighted by atomic mass is 32.2. The maximum Gasteiger partial charge on any atom is 0.224 e. The monoisotopic (exact) mass is 441 g/mol. The van der Waals surface area contributed by atoms with Crippen LogP contribution in [0.1, 0.15) is 12.0 Å². The van der Waals surface area contributed by atoms with Crippen LogP contribution in [-0.2, 0) is 21.2 Å². The van der Waals surface area contributed by atoms with Crippen LogP contribution in [-0.4, -0.2) is 67.1 Å². The number of nitrogens with zero attached hydrogens (tertiary/aromatic N) is 3. The molecular formula is C22H27N5O3S. The molecule has 8 nitrogen and oxygen atoms in total. The summed E-state index contributed by atoms with van der Waals surface area (Å²) in [7, 11) is -3.34. The Labute approximate surface area is 182 Å². The molecule has 0 aliphatic carbocycles. The summed E-state index contributed by atoms with van der Waals surface area (Å²) in [6.07, 6.45) is 4.25. The third-order valence-electron chi connectivity index (χ3n) is 5.53. The minimum Gasteiger partial charge on any atom is -0.361 e. The van der Waals surface area contributed by atoms with E-state index in [-0.39, 0.29) is 18.1 Å². The number of hydrogen-bond donors (Lipinski definition) is 2. The van der Waals surface area contributed by atoms with Crippen LogP contribution in [0.2, 0.25) is 0 Å². The number of aromatic amines is 1. The maximum atomic E-state index is 12.7. The second kappa shape index (κ2) is 9.49. The molecule has 1 aliphatic rings. The number of piperazine rings is 1. The quantitative estimate of drug-likeness (QED) is 0.519. The fraction of sp³-hybridized carbons (Fsp3) is 0.364. The summed E-state index contributed by atoms with van der Waals surface area (Å²) in [5.41, 5.74) is 1.94. The molecule has 9 heteroatoms. The molecule has 1 fully saturated rings. The summed E-state index contributed by atoms with van der Waals surface area (Å²) in [5, 5.41) is 3.87. The molecule has 4 rings (SSSR count). The number of pyridine rings is 1. The number of amides is 1. The van der Waals surface area contributed by atoms with E-state index in [0.717, 1.165) is 22.3 Å². The van der Waals surface area contributed by atoms with E-state index in [0.29, 0.717) is 39.1 Å². The number of rotatable bonds is 8. The lowest BCUT2D eigenvalue weighted by Gasteiger charge is -2.34. The van der Waals surface area contributed by atoms with Crippen molar-refractivity contribution >= 4 is 32.7 Å². The van der Waals surface area contributed by atoms with E-state index in [9.17, 15) is 13.2 Å². The molecule has 0 radical (unpaired) electrons. The summed E-state index contributed by atoms with van der Waals surface area (Å²) in [5.74, 6) is 0.799. The van der Waals surface area contributed by atoms with Crippen molar-refractivity contribution in [3.8, 4) is 0 Å². The van der Waals surface area contributed by atoms with Gasteiger partial charge in [-0.25, -0.2) is 13.4 Å². The fourth-order valence-corrected chi connectivity index (χ4v) is 5.35. The van der Waals surface area contributed by atoms with Crippen LogP contribution in [0.25, 0.3) is 10.9 Å². The second-order valence-corrected chi connectivity index (χ2v) is 9.72. The van der Waals surface area contributed by atoms with Crippen LogP contribution in [0.4, 0.5) is 5.82 Å². The van der Waals surface area contributed by atoms with Gasteiger partial charge in [0.15, 0.2) is 0 Å². The summed E-state index contributed by atoms with van der Waals surface area (Å²) in [6, 6.07) is 13.6. The van der Waals surface area contributed by atoms with E-state index in [1.807, 2.05) is 48.7 Å². The normalized spacial score (nSPS) is 15.3. The van der Waals surface area contributed by atoms with E-state index >= 15 is 0 Å². The van der Waals surface area contributed by atoms with Gasteiger partial charge < -0.3 is 15.2 Å². The highest BCUT2D eigenvalue weighted by molar-refractivity contribution is 7.89. The van der Waals surface area contributed by atoms with Crippen molar-refractivity contribution in [3.05, 3.63) is 60.4 Å². The Hall–Kier alpha value is -2.91. The van der Waals surface area contributed by atoms with Crippen LogP contribution in [0, 0.1) is 0 Å². The Bertz CT molecular complexity index is 1120. The minimum atomic E-state index is -3.34. The standard InChI is InChI=1S/C22H27N5O3S/c28-22(16-18-17-25-20-7-2-1-6-19(18)20)24-10-5-15-31(29,30)27-13-11-26(12-14-27)21-8-3-4-9-23-21/h1-4,6-9,17,25H,5,10-16H2,(H,24,28). The molecule has 0 bridgehead atoms. The SMILES string of the molecule is O=C(Cc1c[nH]c2ccccc12)NCCCS(=O)(=O)N1CCN(c2ccccn2)CC1. The summed E-state index contributed by atoms with van der Waals surface area (Å²) >= 11 is 0. The minimum absolute atomic E-state index is 0.0317. The van der Waals surface area contributed by atoms with Crippen LogP contribution < -0.4 is 10.2 Å². The van der Waals surface area contributed by atoms with E-state index in [1.165, 1.54) is 0 Å². The molecule has 2 N–H and O–H groups in total. The first-order chi connectivity index (χ1) is 15.0. The Balaban J connectivity index is 1.20. The molecule has 0 spiro atoms. The highest BCUT2D eigenvalue weighted by Crippen LogP contribution is 2.18. The Kier molecular flexibility index (Phi) is 6.53. The molecule has 1 saturated heterocycles. The van der Waals surface area contributed by atoms with E-state index < -0.39 is 10.0 Å². The van der Waals surface area contributed by atoms with Crippen molar-refractivity contribution in [1.29, 1.82) is 0 Å². The van der Waals surface area contributed by atoms with Crippen LogP contribution >= 0.6 is 0 Å². The molecule has 164 valence electrons. The van der Waals surface area contributed by atoms with Crippen molar-refractivity contribution in [3.63, 3.8) is 0 Å². The molecule has 0 saturated carbocycles. The van der Waals surface area contributed by atoms with E-state index in [4.69, 9.17) is 0 Å². The van der Waals surface area contributed by atoms with Crippen molar-refractivity contribution in [2.24, 2.45) is 0 Å². The van der Waals surface area contributed by atoms with Gasteiger partial charge in [-0.05, 0) is 30.2 Å². The lowest BCUT2D eigenvalue weighted by Crippen LogP contribution is -2.49. The van der Waals surface area contributed by atoms with Gasteiger partial charge in [-0.1, -0.05) is 24.3 Å². The molecule has 1 amide bonds. The van der Waals surface area contributed by atoms with Gasteiger partial charge in [0.25, 0.3) is 0 Å². The topological polar surface area (TPSA) is 98.4 Å². The maximum absolute atomic E-state index is 12.7. The lowest BCUT2D eigenvalue weighted by atomic mass is 10.1. The molecule has 0 unspecified atom stereocenters. The number of carbonyl (C=O) groups excluding carboxylic acids is 1. The number of H-pyrrole nitrogens is 1. The van der Waals surface area contributed by atoms with Gasteiger partial charge in [0, 0.05) is 56.0 Å². The number of benzene rings is 1. The molecule has 1 aromatic carbocycles. The number of para-hydroxylation sites is 1. The number of hydrogen-bond acceptors (Lipinski definition) is 5. The average molecular weight is 442 g/mol. The molecule has 0 atom stereocenters. The number of fused-ring (bicyclic) bond motifs is 1. The van der Waals surface area contributed by atoms with E-state index in [2.05, 4.69) is 20.2 Å². The molecule has 2 aromatic heterocycles. The van der Waals surface area contributed by atoms with Gasteiger partial charge >= 0.3 is 0 Å². The molecule has 3 heterocycles. The van der Waals surface area contributed by atoms with Crippen molar-refractivity contribution in [1.82, 2.24) is 19.6 Å². The number of nitrogens with one attached hydrogen (secondary N) is 2. The van der Waals surface area contributed by atoms with Gasteiger partial charge in [0.05, 0.1) is 12.2 Å². The Morgan fingerprint density at radius 3 is 2.61 bits per heavy atom. The zero-order valence-corrected chi connectivity index (χ0v) is 18.1. The summed E-state index contributed by atoms with van der Waals surface area (Å²) in [4.78, 5) is 21.8. The molecular weight excluding hydrogens is 414 g/mol. The number of anilines is 1. The predicted molar refractivity (Wildman–Crippen MR) is 121 cm³/mol.